The van der Waals surface area contributed by atoms with Gasteiger partial charge in [0.2, 0.25) is 5.78 Å². The Labute approximate surface area is 64.8 Å². The van der Waals surface area contributed by atoms with Gasteiger partial charge in [0.05, 0.1) is 0 Å². The van der Waals surface area contributed by atoms with Crippen LogP contribution in [0, 0.1) is 0 Å². The van der Waals surface area contributed by atoms with Crippen LogP contribution in [0.3, 0.4) is 0 Å². The third-order valence-corrected chi connectivity index (χ3v) is 1.29. The molecule has 0 bridgehead atoms. The fraction of sp³-hybridized carbons (Fsp3) is 0.714. The molecular formula is C7H12O4. The average Bonchev–Trinajstić information content (AvgIpc) is 1.98. The Morgan fingerprint density at radius 3 is 2.36 bits per heavy atom. The molecule has 0 rings (SSSR count). The molecule has 11 heavy (non-hydrogen) atoms. The summed E-state index contributed by atoms with van der Waals surface area (Å²) in [6.07, 6.45) is -0.755. The zero-order chi connectivity index (χ0) is 8.85. The summed E-state index contributed by atoms with van der Waals surface area (Å²) >= 11 is 0. The minimum atomic E-state index is -1.24. The van der Waals surface area contributed by atoms with Crippen LogP contribution in [0.2, 0.25) is 0 Å². The monoisotopic (exact) mass is 160 g/mol. The number of aliphatic hydroxyl groups excluding tert-OH is 2. The van der Waals surface area contributed by atoms with Gasteiger partial charge < -0.3 is 10.2 Å². The number of ketones is 2. The molecule has 0 aromatic carbocycles. The van der Waals surface area contributed by atoms with E-state index in [2.05, 4.69) is 0 Å². The second kappa shape index (κ2) is 4.98. The fourth-order valence-corrected chi connectivity index (χ4v) is 0.650. The molecule has 0 saturated carbocycles. The van der Waals surface area contributed by atoms with Gasteiger partial charge in [0.25, 0.3) is 0 Å². The predicted octanol–water partition coefficient (Wildman–Crippen LogP) is -0.722. The van der Waals surface area contributed by atoms with E-state index in [9.17, 15) is 9.59 Å². The lowest BCUT2D eigenvalue weighted by Crippen LogP contribution is -2.26. The summed E-state index contributed by atoms with van der Waals surface area (Å²) in [7, 11) is 0. The molecule has 64 valence electrons. The predicted molar refractivity (Wildman–Crippen MR) is 38.0 cm³/mol. The van der Waals surface area contributed by atoms with Crippen molar-refractivity contribution < 1.29 is 19.8 Å². The molecule has 0 fully saturated rings. The number of rotatable bonds is 5. The minimum absolute atomic E-state index is 0.0811. The Morgan fingerprint density at radius 2 is 2.00 bits per heavy atom. The number of hydrogen-bond acceptors (Lipinski definition) is 4. The van der Waals surface area contributed by atoms with Crippen molar-refractivity contribution in [3.8, 4) is 0 Å². The Bertz CT molecular complexity index is 153. The molecule has 2 N–H and O–H groups in total. The molecule has 4 nitrogen and oxygen atoms in total. The lowest BCUT2D eigenvalue weighted by atomic mass is 10.1. The summed E-state index contributed by atoms with van der Waals surface area (Å²) in [6.45, 7) is 1.03. The highest BCUT2D eigenvalue weighted by Gasteiger charge is 2.18. The number of aliphatic hydroxyl groups is 2. The highest BCUT2D eigenvalue weighted by Crippen LogP contribution is 1.97. The van der Waals surface area contributed by atoms with E-state index in [-0.39, 0.29) is 13.0 Å². The maximum absolute atomic E-state index is 10.7. The normalized spacial score (nSPS) is 12.6. The molecule has 0 radical (unpaired) electrons. The first-order chi connectivity index (χ1) is 5.09. The minimum Gasteiger partial charge on any atom is -0.396 e. The molecule has 0 aliphatic rings. The molecule has 0 spiro atoms. The van der Waals surface area contributed by atoms with Crippen molar-refractivity contribution in [3.05, 3.63) is 0 Å². The molecule has 0 heterocycles. The van der Waals surface area contributed by atoms with Crippen LogP contribution in [-0.4, -0.2) is 34.5 Å². The lowest BCUT2D eigenvalue weighted by molar-refractivity contribution is -0.140. The molecule has 0 saturated heterocycles. The van der Waals surface area contributed by atoms with Gasteiger partial charge in [-0.1, -0.05) is 0 Å². The second-order valence-electron chi connectivity index (χ2n) is 2.30. The Kier molecular flexibility index (Phi) is 4.65. The summed E-state index contributed by atoms with van der Waals surface area (Å²) in [6, 6.07) is 0. The molecule has 4 heteroatoms. The number of carbonyl (C=O) groups is 2. The summed E-state index contributed by atoms with van der Waals surface area (Å²) < 4.78 is 0. The molecule has 0 aromatic rings. The van der Waals surface area contributed by atoms with Crippen LogP contribution < -0.4 is 0 Å². The van der Waals surface area contributed by atoms with Gasteiger partial charge in [0.1, 0.15) is 6.10 Å². The van der Waals surface area contributed by atoms with E-state index < -0.39 is 17.7 Å². The standard InChI is InChI=1S/C7H12O4/c1-5(9)7(11)6(10)3-2-4-8/h6,8,10H,2-4H2,1H3. The van der Waals surface area contributed by atoms with E-state index in [1.54, 1.807) is 0 Å². The van der Waals surface area contributed by atoms with Crippen molar-refractivity contribution in [1.82, 2.24) is 0 Å². The van der Waals surface area contributed by atoms with Crippen LogP contribution in [0.25, 0.3) is 0 Å². The summed E-state index contributed by atoms with van der Waals surface area (Å²) in [5.74, 6) is -1.42. The van der Waals surface area contributed by atoms with Gasteiger partial charge in [-0.2, -0.15) is 0 Å². The molecule has 0 aliphatic heterocycles. The van der Waals surface area contributed by atoms with Crippen molar-refractivity contribution in [2.45, 2.75) is 25.9 Å². The van der Waals surface area contributed by atoms with Crippen molar-refractivity contribution in [2.75, 3.05) is 6.61 Å². The van der Waals surface area contributed by atoms with Gasteiger partial charge in [0.15, 0.2) is 5.78 Å². The van der Waals surface area contributed by atoms with Crippen molar-refractivity contribution >= 4 is 11.6 Å². The first-order valence-electron chi connectivity index (χ1n) is 3.43. The molecule has 1 unspecified atom stereocenters. The van der Waals surface area contributed by atoms with Gasteiger partial charge >= 0.3 is 0 Å². The van der Waals surface area contributed by atoms with Crippen LogP contribution in [0.5, 0.6) is 0 Å². The SMILES string of the molecule is CC(=O)C(=O)C(O)CCCO. The second-order valence-corrected chi connectivity index (χ2v) is 2.30. The molecule has 0 aromatic heterocycles. The van der Waals surface area contributed by atoms with Gasteiger partial charge in [-0.3, -0.25) is 9.59 Å². The van der Waals surface area contributed by atoms with E-state index in [0.717, 1.165) is 6.92 Å². The van der Waals surface area contributed by atoms with Gasteiger partial charge in [-0.25, -0.2) is 0 Å². The van der Waals surface area contributed by atoms with Crippen molar-refractivity contribution in [2.24, 2.45) is 0 Å². The highest BCUT2D eigenvalue weighted by molar-refractivity contribution is 6.37. The smallest absolute Gasteiger partial charge is 0.226 e. The Balaban J connectivity index is 3.73. The van der Waals surface area contributed by atoms with E-state index in [0.29, 0.717) is 6.42 Å². The van der Waals surface area contributed by atoms with Crippen molar-refractivity contribution in [1.29, 1.82) is 0 Å². The van der Waals surface area contributed by atoms with E-state index >= 15 is 0 Å². The topological polar surface area (TPSA) is 74.6 Å². The van der Waals surface area contributed by atoms with Crippen LogP contribution in [0.1, 0.15) is 19.8 Å². The zero-order valence-electron chi connectivity index (χ0n) is 6.41. The van der Waals surface area contributed by atoms with Crippen LogP contribution >= 0.6 is 0 Å². The third-order valence-electron chi connectivity index (χ3n) is 1.29. The number of carbonyl (C=O) groups excluding carboxylic acids is 2. The van der Waals surface area contributed by atoms with E-state index in [1.807, 2.05) is 0 Å². The molecule has 0 amide bonds. The quantitative estimate of drug-likeness (QED) is 0.520. The van der Waals surface area contributed by atoms with E-state index in [1.165, 1.54) is 0 Å². The fourth-order valence-electron chi connectivity index (χ4n) is 0.650. The molecule has 0 aliphatic carbocycles. The highest BCUT2D eigenvalue weighted by atomic mass is 16.3. The van der Waals surface area contributed by atoms with Gasteiger partial charge in [-0.15, -0.1) is 0 Å². The zero-order valence-corrected chi connectivity index (χ0v) is 6.41. The molecular weight excluding hydrogens is 148 g/mol. The van der Waals surface area contributed by atoms with E-state index in [4.69, 9.17) is 10.2 Å². The first-order valence-corrected chi connectivity index (χ1v) is 3.43. The maximum Gasteiger partial charge on any atom is 0.226 e. The van der Waals surface area contributed by atoms with Gasteiger partial charge in [0, 0.05) is 13.5 Å². The average molecular weight is 160 g/mol. The van der Waals surface area contributed by atoms with Gasteiger partial charge in [-0.05, 0) is 12.8 Å². The Hall–Kier alpha value is -0.740. The maximum atomic E-state index is 10.7. The number of Topliss-reactive ketones (excluding diaryl/α,β-unsaturated/α-hetero) is 2. The van der Waals surface area contributed by atoms with Crippen LogP contribution in [0.4, 0.5) is 0 Å². The third kappa shape index (κ3) is 3.85. The van der Waals surface area contributed by atoms with Crippen LogP contribution in [0.15, 0.2) is 0 Å². The summed E-state index contributed by atoms with van der Waals surface area (Å²) in [5, 5.41) is 17.3. The van der Waals surface area contributed by atoms with Crippen molar-refractivity contribution in [3.63, 3.8) is 0 Å². The summed E-state index contributed by atoms with van der Waals surface area (Å²) in [5.41, 5.74) is 0. The summed E-state index contributed by atoms with van der Waals surface area (Å²) in [4.78, 5) is 21.0. The van der Waals surface area contributed by atoms with Crippen LogP contribution in [-0.2, 0) is 9.59 Å². The molecule has 1 atom stereocenters. The Morgan fingerprint density at radius 1 is 1.45 bits per heavy atom. The largest absolute Gasteiger partial charge is 0.396 e. The number of hydrogen-bond donors (Lipinski definition) is 2. The lowest BCUT2D eigenvalue weighted by Gasteiger charge is -2.04. The first kappa shape index (κ1) is 10.3.